The summed E-state index contributed by atoms with van der Waals surface area (Å²) in [6.07, 6.45) is 4.28. The third kappa shape index (κ3) is 3.55. The van der Waals surface area contributed by atoms with E-state index in [0.29, 0.717) is 6.04 Å². The van der Waals surface area contributed by atoms with Crippen molar-refractivity contribution in [3.8, 4) is 0 Å². The average Bonchev–Trinajstić information content (AvgIpc) is 2.51. The minimum atomic E-state index is -0.385. The summed E-state index contributed by atoms with van der Waals surface area (Å²) < 4.78 is 0.952. The first-order chi connectivity index (χ1) is 10.0. The Kier molecular flexibility index (Phi) is 5.22. The van der Waals surface area contributed by atoms with Gasteiger partial charge in [0.2, 0.25) is 11.1 Å². The van der Waals surface area contributed by atoms with Gasteiger partial charge in [-0.1, -0.05) is 18.7 Å². The molecule has 21 heavy (non-hydrogen) atoms. The molecule has 1 amide bonds. The second-order valence-corrected chi connectivity index (χ2v) is 6.12. The summed E-state index contributed by atoms with van der Waals surface area (Å²) in [6.45, 7) is 4.47. The topological polar surface area (TPSA) is 94.1 Å². The predicted octanol–water partition coefficient (Wildman–Crippen LogP) is 0.544. The van der Waals surface area contributed by atoms with Crippen LogP contribution in [0.3, 0.4) is 0 Å². The summed E-state index contributed by atoms with van der Waals surface area (Å²) in [7, 11) is 0. The Morgan fingerprint density at radius 2 is 2.19 bits per heavy atom. The molecule has 1 aromatic rings. The molecule has 116 valence electrons. The van der Waals surface area contributed by atoms with Gasteiger partial charge in [0.05, 0.1) is 5.75 Å². The number of hydrogen-bond acceptors (Lipinski definition) is 6. The number of likely N-dealkylation sites (tertiary alicyclic amines) is 1. The van der Waals surface area contributed by atoms with Crippen molar-refractivity contribution >= 4 is 17.7 Å². The van der Waals surface area contributed by atoms with Gasteiger partial charge in [-0.05, 0) is 32.6 Å². The summed E-state index contributed by atoms with van der Waals surface area (Å²) in [5, 5.41) is 7.89. The number of nitrogens with two attached hydrogens (primary N) is 1. The van der Waals surface area contributed by atoms with Crippen molar-refractivity contribution in [2.75, 3.05) is 18.1 Å². The second kappa shape index (κ2) is 6.93. The van der Waals surface area contributed by atoms with Crippen LogP contribution in [0.4, 0.5) is 0 Å². The summed E-state index contributed by atoms with van der Waals surface area (Å²) in [5.41, 5.74) is -0.139. The molecule has 2 N–H and O–H groups in total. The van der Waals surface area contributed by atoms with Crippen LogP contribution in [0.2, 0.25) is 0 Å². The van der Waals surface area contributed by atoms with Gasteiger partial charge in [-0.3, -0.25) is 9.59 Å². The number of aryl methyl sites for hydroxylation is 1. The summed E-state index contributed by atoms with van der Waals surface area (Å²) in [6, 6.07) is 0.330. The van der Waals surface area contributed by atoms with Crippen molar-refractivity contribution < 1.29 is 4.79 Å². The highest BCUT2D eigenvalue weighted by Gasteiger charge is 2.25. The fourth-order valence-electron chi connectivity index (χ4n) is 2.53. The predicted molar refractivity (Wildman–Crippen MR) is 81.5 cm³/mol. The zero-order valence-corrected chi connectivity index (χ0v) is 13.2. The van der Waals surface area contributed by atoms with E-state index in [0.717, 1.165) is 42.2 Å². The molecule has 1 aliphatic rings. The first kappa shape index (κ1) is 15.8. The zero-order valence-electron chi connectivity index (χ0n) is 12.4. The van der Waals surface area contributed by atoms with E-state index in [1.807, 2.05) is 4.90 Å². The maximum atomic E-state index is 12.3. The molecule has 0 saturated carbocycles. The Balaban J connectivity index is 2.01. The molecule has 1 aromatic heterocycles. The van der Waals surface area contributed by atoms with Gasteiger partial charge >= 0.3 is 0 Å². The molecule has 0 bridgehead atoms. The van der Waals surface area contributed by atoms with Crippen molar-refractivity contribution in [2.24, 2.45) is 0 Å². The number of piperidine rings is 1. The lowest BCUT2D eigenvalue weighted by Gasteiger charge is -2.35. The molecular weight excluding hydrogens is 290 g/mol. The van der Waals surface area contributed by atoms with E-state index in [4.69, 9.17) is 5.84 Å². The van der Waals surface area contributed by atoms with Crippen LogP contribution in [0.5, 0.6) is 0 Å². The van der Waals surface area contributed by atoms with Gasteiger partial charge in [-0.15, -0.1) is 10.2 Å². The van der Waals surface area contributed by atoms with Crippen molar-refractivity contribution in [3.63, 3.8) is 0 Å². The molecule has 7 nitrogen and oxygen atoms in total. The minimum Gasteiger partial charge on any atom is -0.339 e. The minimum absolute atomic E-state index is 0.0707. The maximum absolute atomic E-state index is 12.3. The molecule has 1 aliphatic heterocycles. The van der Waals surface area contributed by atoms with Crippen LogP contribution in [-0.2, 0) is 4.79 Å². The largest absolute Gasteiger partial charge is 0.339 e. The van der Waals surface area contributed by atoms with Crippen molar-refractivity contribution in [2.45, 2.75) is 50.7 Å². The molecule has 0 unspecified atom stereocenters. The number of hydrogen-bond donors (Lipinski definition) is 1. The molecule has 2 rings (SSSR count). The van der Waals surface area contributed by atoms with Gasteiger partial charge < -0.3 is 10.7 Å². The van der Waals surface area contributed by atoms with Crippen molar-refractivity contribution in [1.82, 2.24) is 19.8 Å². The highest BCUT2D eigenvalue weighted by atomic mass is 32.2. The molecule has 0 spiro atoms. The van der Waals surface area contributed by atoms with Crippen LogP contribution in [0, 0.1) is 6.92 Å². The number of aromatic nitrogens is 3. The highest BCUT2D eigenvalue weighted by molar-refractivity contribution is 7.99. The van der Waals surface area contributed by atoms with Crippen LogP contribution in [-0.4, -0.2) is 44.0 Å². The molecule has 2 heterocycles. The van der Waals surface area contributed by atoms with Gasteiger partial charge in [-0.25, -0.2) is 0 Å². The van der Waals surface area contributed by atoms with Crippen molar-refractivity contribution in [1.29, 1.82) is 0 Å². The third-order valence-corrected chi connectivity index (χ3v) is 4.69. The Labute approximate surface area is 127 Å². The fraction of sp³-hybridized carbons (Fsp3) is 0.692. The monoisotopic (exact) mass is 311 g/mol. The summed E-state index contributed by atoms with van der Waals surface area (Å²) >= 11 is 1.16. The normalized spacial score (nSPS) is 18.8. The van der Waals surface area contributed by atoms with E-state index in [-0.39, 0.29) is 28.1 Å². The van der Waals surface area contributed by atoms with Gasteiger partial charge in [0.1, 0.15) is 5.69 Å². The number of rotatable bonds is 4. The molecule has 0 aliphatic carbocycles. The zero-order chi connectivity index (χ0) is 15.4. The molecule has 8 heteroatoms. The highest BCUT2D eigenvalue weighted by Crippen LogP contribution is 2.21. The quantitative estimate of drug-likeness (QED) is 0.644. The number of carbonyl (C=O) groups is 1. The maximum Gasteiger partial charge on any atom is 0.294 e. The average molecular weight is 311 g/mol. The molecule has 1 fully saturated rings. The first-order valence-corrected chi connectivity index (χ1v) is 8.16. The van der Waals surface area contributed by atoms with E-state index < -0.39 is 0 Å². The third-order valence-electron chi connectivity index (χ3n) is 3.76. The van der Waals surface area contributed by atoms with E-state index in [9.17, 15) is 9.59 Å². The smallest absolute Gasteiger partial charge is 0.294 e. The van der Waals surface area contributed by atoms with E-state index in [1.165, 1.54) is 6.42 Å². The Morgan fingerprint density at radius 3 is 2.90 bits per heavy atom. The number of thioether (sulfide) groups is 1. The van der Waals surface area contributed by atoms with Gasteiger partial charge in [0.15, 0.2) is 0 Å². The van der Waals surface area contributed by atoms with Gasteiger partial charge in [-0.2, -0.15) is 4.68 Å². The van der Waals surface area contributed by atoms with E-state index in [1.54, 1.807) is 6.92 Å². The molecule has 0 radical (unpaired) electrons. The molecular formula is C13H21N5O2S. The second-order valence-electron chi connectivity index (χ2n) is 5.18. The lowest BCUT2D eigenvalue weighted by molar-refractivity contribution is -0.132. The molecule has 1 saturated heterocycles. The van der Waals surface area contributed by atoms with Crippen molar-refractivity contribution in [3.05, 3.63) is 16.0 Å². The lowest BCUT2D eigenvalue weighted by Crippen LogP contribution is -2.44. The van der Waals surface area contributed by atoms with Gasteiger partial charge in [0, 0.05) is 12.6 Å². The SMILES string of the molecule is CC[C@H]1CCCCN1C(=O)CSc1nnc(C)c(=O)n1N. The van der Waals surface area contributed by atoms with Crippen LogP contribution in [0.25, 0.3) is 0 Å². The number of nitrogens with zero attached hydrogens (tertiary/aromatic N) is 4. The number of nitrogen functional groups attached to an aromatic ring is 1. The van der Waals surface area contributed by atoms with E-state index in [2.05, 4.69) is 17.1 Å². The molecule has 0 aromatic carbocycles. The summed E-state index contributed by atoms with van der Waals surface area (Å²) in [5.74, 6) is 5.96. The number of amides is 1. The fourth-order valence-corrected chi connectivity index (χ4v) is 3.27. The van der Waals surface area contributed by atoms with Crippen LogP contribution < -0.4 is 11.4 Å². The van der Waals surface area contributed by atoms with Crippen LogP contribution in [0.15, 0.2) is 9.95 Å². The standard InChI is InChI=1S/C13H21N5O2S/c1-3-10-6-4-5-7-17(10)11(19)8-21-13-16-15-9(2)12(20)18(13)14/h10H,3-8,14H2,1-2H3/t10-/m0/s1. The molecule has 1 atom stereocenters. The lowest BCUT2D eigenvalue weighted by atomic mass is 10.0. The number of carbonyl (C=O) groups excluding carboxylic acids is 1. The van der Waals surface area contributed by atoms with Crippen LogP contribution in [0.1, 0.15) is 38.3 Å². The summed E-state index contributed by atoms with van der Waals surface area (Å²) in [4.78, 5) is 25.9. The van der Waals surface area contributed by atoms with E-state index >= 15 is 0 Å². The Hall–Kier alpha value is -1.57. The van der Waals surface area contributed by atoms with Crippen LogP contribution >= 0.6 is 11.8 Å². The Morgan fingerprint density at radius 1 is 1.43 bits per heavy atom. The van der Waals surface area contributed by atoms with Gasteiger partial charge in [0.25, 0.3) is 5.56 Å². The first-order valence-electron chi connectivity index (χ1n) is 7.18. The Bertz CT molecular complexity index is 574.